The molecule has 0 aliphatic heterocycles. The van der Waals surface area contributed by atoms with Crippen molar-refractivity contribution in [2.24, 2.45) is 0 Å². The van der Waals surface area contributed by atoms with E-state index in [0.717, 1.165) is 21.2 Å². The summed E-state index contributed by atoms with van der Waals surface area (Å²) in [6.45, 7) is 2.03. The van der Waals surface area contributed by atoms with Gasteiger partial charge in [0.25, 0.3) is 0 Å². The van der Waals surface area contributed by atoms with Crippen molar-refractivity contribution in [3.63, 3.8) is 0 Å². The molecule has 1 aromatic carbocycles. The van der Waals surface area contributed by atoms with Gasteiger partial charge in [0, 0.05) is 21.3 Å². The molecule has 0 unspecified atom stereocenters. The molecular formula is C13H9BrClN3. The standard InChI is InChI=1S/C13H9BrClN3/c1-8-2-3-18-12(4-8)16-13(17-18)9-5-10(14)7-11(15)6-9/h2-7H,1H3. The number of nitrogens with zero attached hydrogens (tertiary/aromatic N) is 3. The number of aromatic nitrogens is 3. The second kappa shape index (κ2) is 4.37. The molecule has 18 heavy (non-hydrogen) atoms. The third-order valence-electron chi connectivity index (χ3n) is 2.61. The second-order valence-electron chi connectivity index (χ2n) is 4.10. The molecule has 0 atom stereocenters. The van der Waals surface area contributed by atoms with E-state index in [1.807, 2.05) is 43.5 Å². The maximum atomic E-state index is 6.03. The number of fused-ring (bicyclic) bond motifs is 1. The maximum absolute atomic E-state index is 6.03. The molecule has 2 aromatic heterocycles. The van der Waals surface area contributed by atoms with E-state index >= 15 is 0 Å². The van der Waals surface area contributed by atoms with E-state index in [1.54, 1.807) is 4.52 Å². The summed E-state index contributed by atoms with van der Waals surface area (Å²) in [6, 6.07) is 9.64. The molecule has 0 aliphatic rings. The van der Waals surface area contributed by atoms with Crippen molar-refractivity contribution in [3.05, 3.63) is 51.6 Å². The summed E-state index contributed by atoms with van der Waals surface area (Å²) in [4.78, 5) is 4.50. The van der Waals surface area contributed by atoms with Gasteiger partial charge in [-0.3, -0.25) is 0 Å². The monoisotopic (exact) mass is 321 g/mol. The molecular weight excluding hydrogens is 314 g/mol. The van der Waals surface area contributed by atoms with Crippen molar-refractivity contribution in [3.8, 4) is 11.4 Å². The van der Waals surface area contributed by atoms with Crippen molar-refractivity contribution < 1.29 is 0 Å². The van der Waals surface area contributed by atoms with Gasteiger partial charge >= 0.3 is 0 Å². The van der Waals surface area contributed by atoms with E-state index in [4.69, 9.17) is 11.6 Å². The van der Waals surface area contributed by atoms with Gasteiger partial charge in [0.2, 0.25) is 0 Å². The van der Waals surface area contributed by atoms with Crippen LogP contribution in [-0.4, -0.2) is 14.6 Å². The zero-order valence-corrected chi connectivity index (χ0v) is 11.9. The van der Waals surface area contributed by atoms with Crippen LogP contribution in [0.1, 0.15) is 5.56 Å². The Hall–Kier alpha value is -1.39. The highest BCUT2D eigenvalue weighted by Gasteiger charge is 2.08. The summed E-state index contributed by atoms with van der Waals surface area (Å²) in [6.07, 6.45) is 1.90. The highest BCUT2D eigenvalue weighted by molar-refractivity contribution is 9.10. The third kappa shape index (κ3) is 2.13. The van der Waals surface area contributed by atoms with E-state index in [1.165, 1.54) is 0 Å². The lowest BCUT2D eigenvalue weighted by Crippen LogP contribution is -1.86. The van der Waals surface area contributed by atoms with Crippen LogP contribution >= 0.6 is 27.5 Å². The average molecular weight is 323 g/mol. The van der Waals surface area contributed by atoms with Crippen molar-refractivity contribution in [1.29, 1.82) is 0 Å². The topological polar surface area (TPSA) is 30.2 Å². The first-order chi connectivity index (χ1) is 8.61. The van der Waals surface area contributed by atoms with Crippen LogP contribution in [0, 0.1) is 6.92 Å². The normalized spacial score (nSPS) is 11.1. The fourth-order valence-electron chi connectivity index (χ4n) is 1.79. The van der Waals surface area contributed by atoms with Gasteiger partial charge in [0.15, 0.2) is 11.5 Å². The minimum atomic E-state index is 0.661. The Labute approximate surface area is 118 Å². The molecule has 0 radical (unpaired) electrons. The molecule has 3 rings (SSSR count). The predicted molar refractivity (Wildman–Crippen MR) is 75.9 cm³/mol. The molecule has 3 aromatic rings. The Morgan fingerprint density at radius 1 is 1.22 bits per heavy atom. The van der Waals surface area contributed by atoms with Crippen molar-refractivity contribution >= 4 is 33.2 Å². The lowest BCUT2D eigenvalue weighted by atomic mass is 10.2. The summed E-state index contributed by atoms with van der Waals surface area (Å²) in [5, 5.41) is 5.09. The molecule has 0 bridgehead atoms. The Morgan fingerprint density at radius 2 is 2.06 bits per heavy atom. The molecule has 0 saturated heterocycles. The Balaban J connectivity index is 2.19. The van der Waals surface area contributed by atoms with Gasteiger partial charge in [-0.1, -0.05) is 27.5 Å². The number of halogens is 2. The lowest BCUT2D eigenvalue weighted by Gasteiger charge is -1.97. The molecule has 2 heterocycles. The minimum Gasteiger partial charge on any atom is -0.221 e. The van der Waals surface area contributed by atoms with E-state index < -0.39 is 0 Å². The SMILES string of the molecule is Cc1ccn2nc(-c3cc(Cl)cc(Br)c3)nc2c1. The molecule has 5 heteroatoms. The molecule has 3 nitrogen and oxygen atoms in total. The Bertz CT molecular complexity index is 716. The van der Waals surface area contributed by atoms with Gasteiger partial charge in [-0.25, -0.2) is 9.50 Å². The van der Waals surface area contributed by atoms with E-state index in [2.05, 4.69) is 26.0 Å². The summed E-state index contributed by atoms with van der Waals surface area (Å²) >= 11 is 9.45. The minimum absolute atomic E-state index is 0.661. The van der Waals surface area contributed by atoms with Crippen LogP contribution < -0.4 is 0 Å². The summed E-state index contributed by atoms with van der Waals surface area (Å²) in [5.74, 6) is 0.670. The van der Waals surface area contributed by atoms with Crippen molar-refractivity contribution in [2.75, 3.05) is 0 Å². The van der Waals surface area contributed by atoms with Gasteiger partial charge < -0.3 is 0 Å². The molecule has 0 fully saturated rings. The zero-order valence-electron chi connectivity index (χ0n) is 9.56. The van der Waals surface area contributed by atoms with Gasteiger partial charge in [-0.05, 0) is 42.8 Å². The summed E-state index contributed by atoms with van der Waals surface area (Å²) < 4.78 is 2.68. The number of hydrogen-bond donors (Lipinski definition) is 0. The van der Waals surface area contributed by atoms with Gasteiger partial charge in [-0.15, -0.1) is 5.10 Å². The first-order valence-electron chi connectivity index (χ1n) is 5.41. The first-order valence-corrected chi connectivity index (χ1v) is 6.58. The summed E-state index contributed by atoms with van der Waals surface area (Å²) in [7, 11) is 0. The number of benzene rings is 1. The molecule has 0 N–H and O–H groups in total. The van der Waals surface area contributed by atoms with Crippen LogP contribution in [0.5, 0.6) is 0 Å². The number of aryl methyl sites for hydroxylation is 1. The second-order valence-corrected chi connectivity index (χ2v) is 5.45. The predicted octanol–water partition coefficient (Wildman–Crippen LogP) is 4.12. The van der Waals surface area contributed by atoms with Crippen LogP contribution in [0.2, 0.25) is 5.02 Å². The van der Waals surface area contributed by atoms with Crippen molar-refractivity contribution in [2.45, 2.75) is 6.92 Å². The number of pyridine rings is 1. The van der Waals surface area contributed by atoms with E-state index in [0.29, 0.717) is 10.8 Å². The highest BCUT2D eigenvalue weighted by Crippen LogP contribution is 2.25. The maximum Gasteiger partial charge on any atom is 0.182 e. The van der Waals surface area contributed by atoms with Crippen LogP contribution in [0.25, 0.3) is 17.0 Å². The highest BCUT2D eigenvalue weighted by atomic mass is 79.9. The number of rotatable bonds is 1. The van der Waals surface area contributed by atoms with Gasteiger partial charge in [-0.2, -0.15) is 0 Å². The molecule has 0 spiro atoms. The fourth-order valence-corrected chi connectivity index (χ4v) is 2.65. The Kier molecular flexibility index (Phi) is 2.84. The van der Waals surface area contributed by atoms with Crippen molar-refractivity contribution in [1.82, 2.24) is 14.6 Å². The third-order valence-corrected chi connectivity index (χ3v) is 3.29. The lowest BCUT2D eigenvalue weighted by molar-refractivity contribution is 0.962. The molecule has 0 saturated carbocycles. The van der Waals surface area contributed by atoms with Crippen LogP contribution in [0.3, 0.4) is 0 Å². The smallest absolute Gasteiger partial charge is 0.182 e. The number of hydrogen-bond acceptors (Lipinski definition) is 2. The molecule has 0 aliphatic carbocycles. The van der Waals surface area contributed by atoms with Crippen LogP contribution in [-0.2, 0) is 0 Å². The fraction of sp³-hybridized carbons (Fsp3) is 0.0769. The first kappa shape index (κ1) is 11.7. The summed E-state index contributed by atoms with van der Waals surface area (Å²) in [5.41, 5.74) is 2.89. The molecule has 0 amide bonds. The largest absolute Gasteiger partial charge is 0.221 e. The van der Waals surface area contributed by atoms with Crippen LogP contribution in [0.15, 0.2) is 41.0 Å². The molecule has 90 valence electrons. The average Bonchev–Trinajstić information content (AvgIpc) is 2.70. The van der Waals surface area contributed by atoms with E-state index in [9.17, 15) is 0 Å². The van der Waals surface area contributed by atoms with E-state index in [-0.39, 0.29) is 0 Å². The van der Waals surface area contributed by atoms with Gasteiger partial charge in [0.05, 0.1) is 0 Å². The van der Waals surface area contributed by atoms with Gasteiger partial charge in [0.1, 0.15) is 0 Å². The quantitative estimate of drug-likeness (QED) is 0.674. The Morgan fingerprint density at radius 3 is 2.83 bits per heavy atom. The van der Waals surface area contributed by atoms with Crippen LogP contribution in [0.4, 0.5) is 0 Å². The zero-order chi connectivity index (χ0) is 12.7.